The SMILES string of the molecule is O=C1NCCN1C1CCCN(Cc2nnnn2-c2ccccc2)C1. The summed E-state index contributed by atoms with van der Waals surface area (Å²) in [5.74, 6) is 0.827. The molecule has 1 aromatic heterocycles. The Morgan fingerprint density at radius 2 is 2.08 bits per heavy atom. The van der Waals surface area contributed by atoms with E-state index in [2.05, 4.69) is 25.7 Å². The molecular formula is C16H21N7O. The standard InChI is InChI=1S/C16H21N7O/c24-16-17-8-10-22(16)14-7-4-9-21(11-14)12-15-18-19-20-23(15)13-5-2-1-3-6-13/h1-3,5-6,14H,4,7-12H2,(H,17,24). The zero-order chi connectivity index (χ0) is 16.4. The lowest BCUT2D eigenvalue weighted by molar-refractivity contribution is 0.119. The maximum atomic E-state index is 11.9. The number of nitrogens with zero attached hydrogens (tertiary/aromatic N) is 6. The van der Waals surface area contributed by atoms with Crippen LogP contribution in [-0.4, -0.2) is 68.3 Å². The Labute approximate surface area is 140 Å². The van der Waals surface area contributed by atoms with E-state index in [0.29, 0.717) is 6.54 Å². The number of piperidine rings is 1. The number of rotatable bonds is 4. The molecule has 2 amide bonds. The van der Waals surface area contributed by atoms with Crippen LogP contribution in [0.15, 0.2) is 30.3 Å². The van der Waals surface area contributed by atoms with Gasteiger partial charge in [-0.05, 0) is 41.9 Å². The van der Waals surface area contributed by atoms with Crippen LogP contribution in [0.4, 0.5) is 4.79 Å². The number of hydrogen-bond donors (Lipinski definition) is 1. The smallest absolute Gasteiger partial charge is 0.317 e. The van der Waals surface area contributed by atoms with Gasteiger partial charge in [-0.1, -0.05) is 18.2 Å². The van der Waals surface area contributed by atoms with Crippen LogP contribution in [0.2, 0.25) is 0 Å². The van der Waals surface area contributed by atoms with Crippen molar-refractivity contribution in [3.8, 4) is 5.69 Å². The van der Waals surface area contributed by atoms with Gasteiger partial charge in [0.15, 0.2) is 5.82 Å². The van der Waals surface area contributed by atoms with Crippen molar-refractivity contribution < 1.29 is 4.79 Å². The van der Waals surface area contributed by atoms with Gasteiger partial charge in [0.05, 0.1) is 12.2 Å². The van der Waals surface area contributed by atoms with E-state index in [9.17, 15) is 4.79 Å². The lowest BCUT2D eigenvalue weighted by Gasteiger charge is -2.36. The molecule has 2 fully saturated rings. The van der Waals surface area contributed by atoms with Crippen molar-refractivity contribution in [2.45, 2.75) is 25.4 Å². The van der Waals surface area contributed by atoms with Gasteiger partial charge in [-0.3, -0.25) is 4.90 Å². The van der Waals surface area contributed by atoms with Crippen molar-refractivity contribution in [2.24, 2.45) is 0 Å². The molecule has 2 saturated heterocycles. The number of carbonyl (C=O) groups is 1. The monoisotopic (exact) mass is 327 g/mol. The second-order valence-electron chi connectivity index (χ2n) is 6.30. The average molecular weight is 327 g/mol. The van der Waals surface area contributed by atoms with E-state index < -0.39 is 0 Å². The molecule has 4 rings (SSSR count). The fraction of sp³-hybridized carbons (Fsp3) is 0.500. The molecule has 1 N–H and O–H groups in total. The number of urea groups is 1. The van der Waals surface area contributed by atoms with Gasteiger partial charge in [-0.25, -0.2) is 4.79 Å². The molecule has 3 heterocycles. The van der Waals surface area contributed by atoms with Crippen LogP contribution in [0.1, 0.15) is 18.7 Å². The van der Waals surface area contributed by atoms with Gasteiger partial charge in [0.25, 0.3) is 0 Å². The Balaban J connectivity index is 1.46. The summed E-state index contributed by atoms with van der Waals surface area (Å²) in [7, 11) is 0. The molecule has 1 unspecified atom stereocenters. The highest BCUT2D eigenvalue weighted by molar-refractivity contribution is 5.76. The Morgan fingerprint density at radius 1 is 1.21 bits per heavy atom. The van der Waals surface area contributed by atoms with E-state index in [1.165, 1.54) is 0 Å². The number of para-hydroxylation sites is 1. The van der Waals surface area contributed by atoms with Crippen LogP contribution in [-0.2, 0) is 6.54 Å². The highest BCUT2D eigenvalue weighted by atomic mass is 16.2. The van der Waals surface area contributed by atoms with Crippen LogP contribution in [0, 0.1) is 0 Å². The fourth-order valence-corrected chi connectivity index (χ4v) is 3.54. The Hall–Kier alpha value is -2.48. The maximum Gasteiger partial charge on any atom is 0.317 e. The molecule has 2 aromatic rings. The number of amides is 2. The molecule has 0 radical (unpaired) electrons. The van der Waals surface area contributed by atoms with E-state index in [-0.39, 0.29) is 12.1 Å². The minimum Gasteiger partial charge on any atom is -0.336 e. The molecule has 0 spiro atoms. The lowest BCUT2D eigenvalue weighted by atomic mass is 10.0. The van der Waals surface area contributed by atoms with Gasteiger partial charge in [-0.15, -0.1) is 5.10 Å². The predicted octanol–water partition coefficient (Wildman–Crippen LogP) is 0.652. The first-order chi connectivity index (χ1) is 11.8. The highest BCUT2D eigenvalue weighted by Gasteiger charge is 2.31. The molecular weight excluding hydrogens is 306 g/mol. The summed E-state index contributed by atoms with van der Waals surface area (Å²) in [4.78, 5) is 16.2. The van der Waals surface area contributed by atoms with Crippen LogP contribution >= 0.6 is 0 Å². The van der Waals surface area contributed by atoms with Crippen molar-refractivity contribution in [3.63, 3.8) is 0 Å². The summed E-state index contributed by atoms with van der Waals surface area (Å²) in [6.45, 7) is 4.12. The van der Waals surface area contributed by atoms with Crippen molar-refractivity contribution in [3.05, 3.63) is 36.2 Å². The molecule has 24 heavy (non-hydrogen) atoms. The quantitative estimate of drug-likeness (QED) is 0.892. The van der Waals surface area contributed by atoms with E-state index in [4.69, 9.17) is 0 Å². The average Bonchev–Trinajstić information content (AvgIpc) is 3.25. The Bertz CT molecular complexity index is 701. The zero-order valence-electron chi connectivity index (χ0n) is 13.5. The van der Waals surface area contributed by atoms with E-state index >= 15 is 0 Å². The summed E-state index contributed by atoms with van der Waals surface area (Å²) in [5, 5.41) is 15.0. The molecule has 126 valence electrons. The molecule has 2 aliphatic rings. The summed E-state index contributed by atoms with van der Waals surface area (Å²) in [5.41, 5.74) is 0.963. The summed E-state index contributed by atoms with van der Waals surface area (Å²) in [6.07, 6.45) is 2.15. The second kappa shape index (κ2) is 6.56. The normalized spacial score (nSPS) is 21.9. The van der Waals surface area contributed by atoms with E-state index in [1.54, 1.807) is 4.68 Å². The molecule has 8 nitrogen and oxygen atoms in total. The Morgan fingerprint density at radius 3 is 2.88 bits per heavy atom. The first kappa shape index (κ1) is 15.1. The summed E-state index contributed by atoms with van der Waals surface area (Å²) in [6, 6.07) is 10.3. The van der Waals surface area contributed by atoms with E-state index in [0.717, 1.165) is 50.5 Å². The third kappa shape index (κ3) is 2.96. The van der Waals surface area contributed by atoms with Crippen molar-refractivity contribution in [1.29, 1.82) is 0 Å². The first-order valence-corrected chi connectivity index (χ1v) is 8.41. The van der Waals surface area contributed by atoms with Gasteiger partial charge in [0.1, 0.15) is 0 Å². The zero-order valence-corrected chi connectivity index (χ0v) is 13.5. The van der Waals surface area contributed by atoms with Gasteiger partial charge >= 0.3 is 6.03 Å². The third-order valence-electron chi connectivity index (χ3n) is 4.71. The molecule has 2 aliphatic heterocycles. The van der Waals surface area contributed by atoms with Crippen molar-refractivity contribution in [2.75, 3.05) is 26.2 Å². The van der Waals surface area contributed by atoms with Crippen LogP contribution in [0.25, 0.3) is 5.69 Å². The highest BCUT2D eigenvalue weighted by Crippen LogP contribution is 2.19. The number of likely N-dealkylation sites (tertiary alicyclic amines) is 1. The summed E-state index contributed by atoms with van der Waals surface area (Å²) < 4.78 is 1.78. The van der Waals surface area contributed by atoms with Crippen LogP contribution < -0.4 is 5.32 Å². The minimum absolute atomic E-state index is 0.0657. The van der Waals surface area contributed by atoms with Crippen LogP contribution in [0.3, 0.4) is 0 Å². The predicted molar refractivity (Wildman–Crippen MR) is 87.6 cm³/mol. The van der Waals surface area contributed by atoms with Gasteiger partial charge in [0.2, 0.25) is 0 Å². The number of hydrogen-bond acceptors (Lipinski definition) is 5. The molecule has 1 atom stereocenters. The lowest BCUT2D eigenvalue weighted by Crippen LogP contribution is -2.48. The van der Waals surface area contributed by atoms with Gasteiger partial charge in [0, 0.05) is 25.7 Å². The topological polar surface area (TPSA) is 79.2 Å². The minimum atomic E-state index is 0.0657. The first-order valence-electron chi connectivity index (χ1n) is 8.41. The molecule has 1 aromatic carbocycles. The maximum absolute atomic E-state index is 11.9. The third-order valence-corrected chi connectivity index (χ3v) is 4.71. The number of carbonyl (C=O) groups excluding carboxylic acids is 1. The number of benzene rings is 1. The second-order valence-corrected chi connectivity index (χ2v) is 6.30. The van der Waals surface area contributed by atoms with Crippen molar-refractivity contribution >= 4 is 6.03 Å². The van der Waals surface area contributed by atoms with Crippen LogP contribution in [0.5, 0.6) is 0 Å². The van der Waals surface area contributed by atoms with Crippen molar-refractivity contribution in [1.82, 2.24) is 35.3 Å². The summed E-state index contributed by atoms with van der Waals surface area (Å²) >= 11 is 0. The molecule has 0 bridgehead atoms. The number of tetrazole rings is 1. The molecule has 0 saturated carbocycles. The molecule has 8 heteroatoms. The Kier molecular flexibility index (Phi) is 4.12. The van der Waals surface area contributed by atoms with E-state index in [1.807, 2.05) is 35.2 Å². The fourth-order valence-electron chi connectivity index (χ4n) is 3.54. The van der Waals surface area contributed by atoms with Gasteiger partial charge in [-0.2, -0.15) is 4.68 Å². The number of nitrogens with one attached hydrogen (secondary N) is 1. The van der Waals surface area contributed by atoms with Gasteiger partial charge < -0.3 is 10.2 Å². The largest absolute Gasteiger partial charge is 0.336 e. The number of aromatic nitrogens is 4. The molecule has 0 aliphatic carbocycles.